The highest BCUT2D eigenvalue weighted by Crippen LogP contribution is 2.51. The molecule has 1 fully saturated rings. The Morgan fingerprint density at radius 1 is 1.22 bits per heavy atom. The van der Waals surface area contributed by atoms with Gasteiger partial charge >= 0.3 is 0 Å². The van der Waals surface area contributed by atoms with Crippen molar-refractivity contribution in [3.8, 4) is 11.5 Å². The molecule has 1 unspecified atom stereocenters. The molecular formula is C24H25ClN2O4S. The summed E-state index contributed by atoms with van der Waals surface area (Å²) in [6, 6.07) is 5.64. The number of rotatable bonds is 5. The molecule has 0 spiro atoms. The monoisotopic (exact) mass is 472 g/mol. The fourth-order valence-electron chi connectivity index (χ4n) is 3.65. The lowest BCUT2D eigenvalue weighted by Crippen LogP contribution is -2.27. The number of ether oxygens (including phenoxy) is 2. The molecule has 0 bridgehead atoms. The van der Waals surface area contributed by atoms with Crippen molar-refractivity contribution in [1.29, 1.82) is 0 Å². The van der Waals surface area contributed by atoms with Gasteiger partial charge in [-0.15, -0.1) is 0 Å². The standard InChI is InChI=1S/C22H19ClN2O4S.C2H6/c23-15-5-3-1-2-4-14(15)19(26)18-11-24-21(30-18)25-20(27)22(8-9-22)13-6-7-16-17(10-13)29-12-28-16;1-2/h2-7,10-11,19,26H,1,8-9,12H2,(H,24,25,27);1-2H3. The zero-order valence-corrected chi connectivity index (χ0v) is 19.5. The molecule has 8 heteroatoms. The van der Waals surface area contributed by atoms with Crippen LogP contribution in [-0.4, -0.2) is 22.8 Å². The molecule has 1 saturated carbocycles. The Kier molecular flexibility index (Phi) is 6.69. The summed E-state index contributed by atoms with van der Waals surface area (Å²) in [7, 11) is 0. The molecular weight excluding hydrogens is 448 g/mol. The van der Waals surface area contributed by atoms with Gasteiger partial charge < -0.3 is 19.9 Å². The number of carbonyl (C=O) groups excluding carboxylic acids is 1. The second-order valence-corrected chi connectivity index (χ2v) is 8.89. The Balaban J connectivity index is 0.00000119. The van der Waals surface area contributed by atoms with Crippen LogP contribution in [0.4, 0.5) is 5.13 Å². The average Bonchev–Trinajstić information content (AvgIpc) is 3.36. The van der Waals surface area contributed by atoms with Gasteiger partial charge in [-0.3, -0.25) is 4.79 Å². The number of hydrogen-bond acceptors (Lipinski definition) is 6. The van der Waals surface area contributed by atoms with Crippen LogP contribution in [0.3, 0.4) is 0 Å². The average molecular weight is 473 g/mol. The second-order valence-electron chi connectivity index (χ2n) is 7.42. The van der Waals surface area contributed by atoms with Crippen LogP contribution in [0.25, 0.3) is 0 Å². The number of nitrogens with one attached hydrogen (secondary N) is 1. The van der Waals surface area contributed by atoms with Gasteiger partial charge in [-0.1, -0.05) is 61.1 Å². The largest absolute Gasteiger partial charge is 0.454 e. The summed E-state index contributed by atoms with van der Waals surface area (Å²) in [4.78, 5) is 18.0. The molecule has 6 nitrogen and oxygen atoms in total. The van der Waals surface area contributed by atoms with Crippen molar-refractivity contribution in [1.82, 2.24) is 4.98 Å². The van der Waals surface area contributed by atoms with E-state index in [4.69, 9.17) is 21.1 Å². The third-order valence-corrected chi connectivity index (χ3v) is 6.84. The van der Waals surface area contributed by atoms with E-state index >= 15 is 0 Å². The Hall–Kier alpha value is -2.61. The quantitative estimate of drug-likeness (QED) is 0.591. The van der Waals surface area contributed by atoms with E-state index in [2.05, 4.69) is 10.3 Å². The first-order valence-electron chi connectivity index (χ1n) is 10.6. The van der Waals surface area contributed by atoms with E-state index in [9.17, 15) is 9.90 Å². The van der Waals surface area contributed by atoms with Crippen molar-refractivity contribution in [2.45, 2.75) is 44.6 Å². The van der Waals surface area contributed by atoms with Gasteiger partial charge in [0.15, 0.2) is 16.6 Å². The highest BCUT2D eigenvalue weighted by atomic mass is 35.5. The van der Waals surface area contributed by atoms with Crippen LogP contribution in [0.15, 0.2) is 59.3 Å². The summed E-state index contributed by atoms with van der Waals surface area (Å²) in [5.74, 6) is 1.26. The Morgan fingerprint density at radius 3 is 2.75 bits per heavy atom. The lowest BCUT2D eigenvalue weighted by Gasteiger charge is -2.15. The van der Waals surface area contributed by atoms with Crippen molar-refractivity contribution in [2.24, 2.45) is 0 Å². The van der Waals surface area contributed by atoms with E-state index in [0.717, 1.165) is 24.8 Å². The minimum absolute atomic E-state index is 0.105. The molecule has 32 heavy (non-hydrogen) atoms. The molecule has 0 saturated heterocycles. The summed E-state index contributed by atoms with van der Waals surface area (Å²) < 4.78 is 10.8. The number of aliphatic hydroxyl groups is 1. The van der Waals surface area contributed by atoms with E-state index < -0.39 is 11.5 Å². The second kappa shape index (κ2) is 9.48. The van der Waals surface area contributed by atoms with Crippen LogP contribution in [0.1, 0.15) is 49.7 Å². The highest BCUT2D eigenvalue weighted by Gasteiger charge is 2.52. The van der Waals surface area contributed by atoms with E-state index in [1.807, 2.05) is 50.3 Å². The van der Waals surface area contributed by atoms with Gasteiger partial charge in [0, 0.05) is 16.8 Å². The molecule has 168 valence electrons. The lowest BCUT2D eigenvalue weighted by atomic mass is 9.94. The third-order valence-electron chi connectivity index (χ3n) is 5.53. The summed E-state index contributed by atoms with van der Waals surface area (Å²) in [5.41, 5.74) is 0.950. The van der Waals surface area contributed by atoms with Crippen LogP contribution in [0.2, 0.25) is 0 Å². The number of nitrogens with zero attached hydrogens (tertiary/aromatic N) is 1. The molecule has 1 aromatic carbocycles. The molecule has 2 aromatic rings. The predicted octanol–water partition coefficient (Wildman–Crippen LogP) is 5.61. The number of aromatic nitrogens is 1. The van der Waals surface area contributed by atoms with Crippen LogP contribution in [-0.2, 0) is 10.2 Å². The van der Waals surface area contributed by atoms with Crippen LogP contribution in [0.5, 0.6) is 11.5 Å². The number of carbonyl (C=O) groups is 1. The number of aliphatic hydroxyl groups excluding tert-OH is 1. The van der Waals surface area contributed by atoms with Gasteiger partial charge in [-0.05, 0) is 43.0 Å². The van der Waals surface area contributed by atoms with Crippen molar-refractivity contribution in [3.63, 3.8) is 0 Å². The maximum absolute atomic E-state index is 13.0. The smallest absolute Gasteiger partial charge is 0.236 e. The first kappa shape index (κ1) is 22.6. The molecule has 3 aliphatic rings. The maximum Gasteiger partial charge on any atom is 0.236 e. The first-order valence-corrected chi connectivity index (χ1v) is 11.8. The molecule has 2 N–H and O–H groups in total. The van der Waals surface area contributed by atoms with Gasteiger partial charge in [0.1, 0.15) is 6.10 Å². The maximum atomic E-state index is 13.0. The van der Waals surface area contributed by atoms with Crippen LogP contribution in [0, 0.1) is 0 Å². The highest BCUT2D eigenvalue weighted by molar-refractivity contribution is 7.15. The van der Waals surface area contributed by atoms with Crippen LogP contribution >= 0.6 is 22.9 Å². The minimum Gasteiger partial charge on any atom is -0.454 e. The molecule has 1 aromatic heterocycles. The zero-order chi connectivity index (χ0) is 22.7. The van der Waals surface area contributed by atoms with Crippen molar-refractivity contribution < 1.29 is 19.4 Å². The lowest BCUT2D eigenvalue weighted by molar-refractivity contribution is -0.118. The summed E-state index contributed by atoms with van der Waals surface area (Å²) in [6.45, 7) is 4.20. The van der Waals surface area contributed by atoms with Gasteiger partial charge in [0.05, 0.1) is 10.3 Å². The fraction of sp³-hybridized carbons (Fsp3) is 0.333. The number of hydrogen-bond donors (Lipinski definition) is 2. The predicted molar refractivity (Wildman–Crippen MR) is 126 cm³/mol. The number of thiazole rings is 1. The first-order chi connectivity index (χ1) is 15.6. The molecule has 1 amide bonds. The molecule has 0 radical (unpaired) electrons. The normalized spacial score (nSPS) is 18.5. The minimum atomic E-state index is -0.900. The fourth-order valence-corrected chi connectivity index (χ4v) is 4.72. The van der Waals surface area contributed by atoms with Gasteiger partial charge in [-0.2, -0.15) is 0 Å². The number of amides is 1. The summed E-state index contributed by atoms with van der Waals surface area (Å²) >= 11 is 7.52. The SMILES string of the molecule is CC.O=C(Nc1ncc(C(O)C2=C(Cl)C=CCC=C2)s1)C1(c2ccc3c(c2)OCO3)CC1. The number of anilines is 1. The number of benzene rings is 1. The molecule has 2 heterocycles. The van der Waals surface area contributed by atoms with Crippen molar-refractivity contribution >= 4 is 34.0 Å². The van der Waals surface area contributed by atoms with E-state index in [-0.39, 0.29) is 12.7 Å². The van der Waals surface area contributed by atoms with Crippen molar-refractivity contribution in [2.75, 3.05) is 12.1 Å². The van der Waals surface area contributed by atoms with Gasteiger partial charge in [0.2, 0.25) is 12.7 Å². The summed E-state index contributed by atoms with van der Waals surface area (Å²) in [6.07, 6.45) is 10.4. The zero-order valence-electron chi connectivity index (χ0n) is 17.9. The van der Waals surface area contributed by atoms with Gasteiger partial charge in [0.25, 0.3) is 0 Å². The molecule has 1 aliphatic heterocycles. The Bertz CT molecular complexity index is 1100. The topological polar surface area (TPSA) is 80.7 Å². The molecule has 5 rings (SSSR count). The Labute approximate surface area is 196 Å². The number of halogens is 1. The van der Waals surface area contributed by atoms with Gasteiger partial charge in [-0.25, -0.2) is 4.98 Å². The Morgan fingerprint density at radius 2 is 1.97 bits per heavy atom. The summed E-state index contributed by atoms with van der Waals surface area (Å²) in [5, 5.41) is 14.6. The van der Waals surface area contributed by atoms with E-state index in [1.54, 1.807) is 12.3 Å². The van der Waals surface area contributed by atoms with Crippen LogP contribution < -0.4 is 14.8 Å². The molecule has 1 atom stereocenters. The van der Waals surface area contributed by atoms with Crippen molar-refractivity contribution in [3.05, 3.63) is 69.7 Å². The number of allylic oxidation sites excluding steroid dienone is 4. The van der Waals surface area contributed by atoms with E-state index in [0.29, 0.717) is 32.1 Å². The molecule has 2 aliphatic carbocycles. The number of fused-ring (bicyclic) bond motifs is 1. The third kappa shape index (κ3) is 4.33. The van der Waals surface area contributed by atoms with E-state index in [1.165, 1.54) is 11.3 Å².